The Hall–Kier alpha value is -2.58. The van der Waals surface area contributed by atoms with Crippen molar-refractivity contribution in [3.8, 4) is 5.75 Å². The van der Waals surface area contributed by atoms with E-state index < -0.39 is 10.0 Å². The zero-order valence-corrected chi connectivity index (χ0v) is 20.0. The van der Waals surface area contributed by atoms with Gasteiger partial charge in [0.15, 0.2) is 0 Å². The highest BCUT2D eigenvalue weighted by molar-refractivity contribution is 7.92. The molecule has 0 bridgehead atoms. The van der Waals surface area contributed by atoms with Crippen LogP contribution in [0.25, 0.3) is 0 Å². The van der Waals surface area contributed by atoms with Crippen molar-refractivity contribution in [1.82, 2.24) is 10.2 Å². The summed E-state index contributed by atoms with van der Waals surface area (Å²) in [6.45, 7) is 8.92. The Kier molecular flexibility index (Phi) is 7.79. The van der Waals surface area contributed by atoms with Crippen LogP contribution in [0.3, 0.4) is 0 Å². The van der Waals surface area contributed by atoms with Gasteiger partial charge in [0.25, 0.3) is 15.9 Å². The first-order valence-electron chi connectivity index (χ1n) is 11.0. The maximum absolute atomic E-state index is 12.9. The zero-order chi connectivity index (χ0) is 23.3. The molecule has 8 heteroatoms. The molecule has 0 aliphatic carbocycles. The molecule has 0 radical (unpaired) electrons. The maximum atomic E-state index is 12.9. The van der Waals surface area contributed by atoms with Crippen LogP contribution in [0.5, 0.6) is 5.75 Å². The minimum atomic E-state index is -3.84. The summed E-state index contributed by atoms with van der Waals surface area (Å²) in [5, 5.41) is 3.03. The number of benzene rings is 2. The van der Waals surface area contributed by atoms with Crippen LogP contribution in [0.2, 0.25) is 0 Å². The predicted molar refractivity (Wildman–Crippen MR) is 127 cm³/mol. The average molecular weight is 460 g/mol. The number of nitrogens with one attached hydrogen (secondary N) is 2. The molecule has 1 aliphatic rings. The Morgan fingerprint density at radius 3 is 2.59 bits per heavy atom. The number of carbonyl (C=O) groups is 1. The third-order valence-corrected chi connectivity index (χ3v) is 7.14. The van der Waals surface area contributed by atoms with Crippen LogP contribution >= 0.6 is 0 Å². The van der Waals surface area contributed by atoms with Gasteiger partial charge in [-0.05, 0) is 81.1 Å². The molecule has 0 saturated carbocycles. The van der Waals surface area contributed by atoms with E-state index in [9.17, 15) is 13.2 Å². The molecule has 2 aromatic rings. The van der Waals surface area contributed by atoms with Gasteiger partial charge in [0.05, 0.1) is 12.0 Å². The first-order chi connectivity index (χ1) is 15.2. The Labute approximate surface area is 191 Å². The van der Waals surface area contributed by atoms with Gasteiger partial charge in [0.1, 0.15) is 5.75 Å². The smallest absolute Gasteiger partial charge is 0.261 e. The summed E-state index contributed by atoms with van der Waals surface area (Å²) in [6, 6.07) is 11.2. The highest BCUT2D eigenvalue weighted by Crippen LogP contribution is 2.22. The Bertz CT molecular complexity index is 1040. The van der Waals surface area contributed by atoms with E-state index in [1.165, 1.54) is 25.0 Å². The van der Waals surface area contributed by atoms with Crippen molar-refractivity contribution in [2.45, 2.75) is 44.6 Å². The van der Waals surface area contributed by atoms with Crippen LogP contribution in [-0.4, -0.2) is 52.0 Å². The van der Waals surface area contributed by atoms with Gasteiger partial charge >= 0.3 is 0 Å². The molecule has 2 unspecified atom stereocenters. The minimum Gasteiger partial charge on any atom is -0.497 e. The van der Waals surface area contributed by atoms with Crippen molar-refractivity contribution < 1.29 is 17.9 Å². The summed E-state index contributed by atoms with van der Waals surface area (Å²) < 4.78 is 33.4. The molecule has 174 valence electrons. The second kappa shape index (κ2) is 10.4. The summed E-state index contributed by atoms with van der Waals surface area (Å²) in [7, 11) is -2.29. The molecule has 32 heavy (non-hydrogen) atoms. The summed E-state index contributed by atoms with van der Waals surface area (Å²) in [5.74, 6) is 1.05. The van der Waals surface area contributed by atoms with Crippen LogP contribution in [0.1, 0.15) is 42.6 Å². The number of anilines is 1. The first kappa shape index (κ1) is 24.1. The van der Waals surface area contributed by atoms with Crippen LogP contribution in [0.4, 0.5) is 5.69 Å². The van der Waals surface area contributed by atoms with Gasteiger partial charge in [-0.25, -0.2) is 8.42 Å². The van der Waals surface area contributed by atoms with Crippen LogP contribution in [0.15, 0.2) is 47.4 Å². The van der Waals surface area contributed by atoms with Crippen LogP contribution in [0, 0.1) is 12.8 Å². The van der Waals surface area contributed by atoms with E-state index in [0.29, 0.717) is 22.9 Å². The Morgan fingerprint density at radius 2 is 1.94 bits per heavy atom. The lowest BCUT2D eigenvalue weighted by molar-refractivity contribution is 0.0919. The van der Waals surface area contributed by atoms with E-state index in [0.717, 1.165) is 25.2 Å². The normalized spacial score (nSPS) is 18.1. The number of hydrogen-bond acceptors (Lipinski definition) is 5. The average Bonchev–Trinajstić information content (AvgIpc) is 2.74. The fourth-order valence-corrected chi connectivity index (χ4v) is 5.16. The quantitative estimate of drug-likeness (QED) is 0.629. The number of piperidine rings is 1. The molecule has 1 heterocycles. The number of ether oxygens (including phenoxy) is 1. The van der Waals surface area contributed by atoms with Gasteiger partial charge in [-0.1, -0.05) is 13.0 Å². The third-order valence-electron chi connectivity index (χ3n) is 5.76. The number of aryl methyl sites for hydroxylation is 1. The van der Waals surface area contributed by atoms with E-state index in [-0.39, 0.29) is 16.8 Å². The molecule has 0 aromatic heterocycles. The Balaban J connectivity index is 1.70. The van der Waals surface area contributed by atoms with Crippen molar-refractivity contribution in [2.24, 2.45) is 5.92 Å². The number of methoxy groups -OCH3 is 1. The lowest BCUT2D eigenvalue weighted by Gasteiger charge is -2.32. The number of hydrogen-bond donors (Lipinski definition) is 2. The number of amides is 1. The first-order valence-corrected chi connectivity index (χ1v) is 12.5. The molecular weight excluding hydrogens is 426 g/mol. The second-order valence-corrected chi connectivity index (χ2v) is 10.4. The largest absolute Gasteiger partial charge is 0.497 e. The fourth-order valence-electron chi connectivity index (χ4n) is 4.07. The summed E-state index contributed by atoms with van der Waals surface area (Å²) >= 11 is 0. The molecule has 2 atom stereocenters. The van der Waals surface area contributed by atoms with Gasteiger partial charge in [0, 0.05) is 30.4 Å². The summed E-state index contributed by atoms with van der Waals surface area (Å²) in [6.07, 6.45) is 2.43. The molecule has 0 spiro atoms. The predicted octanol–water partition coefficient (Wildman–Crippen LogP) is 3.65. The third kappa shape index (κ3) is 6.23. The second-order valence-electron chi connectivity index (χ2n) is 8.69. The van der Waals surface area contributed by atoms with Crippen molar-refractivity contribution in [2.75, 3.05) is 31.5 Å². The number of carbonyl (C=O) groups excluding carboxylic acids is 1. The van der Waals surface area contributed by atoms with E-state index in [1.54, 1.807) is 44.4 Å². The van der Waals surface area contributed by atoms with Crippen molar-refractivity contribution in [3.05, 3.63) is 53.6 Å². The maximum Gasteiger partial charge on any atom is 0.261 e. The molecule has 1 amide bonds. The zero-order valence-electron chi connectivity index (χ0n) is 19.2. The molecule has 2 aromatic carbocycles. The molecule has 2 N–H and O–H groups in total. The van der Waals surface area contributed by atoms with E-state index in [1.807, 2.05) is 6.92 Å². The highest BCUT2D eigenvalue weighted by atomic mass is 32.2. The highest BCUT2D eigenvalue weighted by Gasteiger charge is 2.22. The van der Waals surface area contributed by atoms with E-state index in [4.69, 9.17) is 4.74 Å². The summed E-state index contributed by atoms with van der Waals surface area (Å²) in [5.41, 5.74) is 1.51. The van der Waals surface area contributed by atoms with Gasteiger partial charge in [-0.2, -0.15) is 0 Å². The van der Waals surface area contributed by atoms with Crippen LogP contribution in [-0.2, 0) is 10.0 Å². The monoisotopic (exact) mass is 459 g/mol. The van der Waals surface area contributed by atoms with Gasteiger partial charge in [0.2, 0.25) is 0 Å². The number of likely N-dealkylation sites (tertiary alicyclic amines) is 1. The van der Waals surface area contributed by atoms with E-state index in [2.05, 4.69) is 21.9 Å². The fraction of sp³-hybridized carbons (Fsp3) is 0.458. The molecule has 1 saturated heterocycles. The van der Waals surface area contributed by atoms with Crippen molar-refractivity contribution in [3.63, 3.8) is 0 Å². The molecule has 7 nitrogen and oxygen atoms in total. The van der Waals surface area contributed by atoms with Crippen molar-refractivity contribution >= 4 is 21.6 Å². The van der Waals surface area contributed by atoms with Gasteiger partial charge in [-0.15, -0.1) is 0 Å². The molecule has 1 aliphatic heterocycles. The lowest BCUT2D eigenvalue weighted by atomic mass is 10.00. The Morgan fingerprint density at radius 1 is 1.22 bits per heavy atom. The van der Waals surface area contributed by atoms with Gasteiger partial charge < -0.3 is 15.0 Å². The standard InChI is InChI=1S/C24H33N3O4S/c1-17-6-5-13-27(15-17)16-19(3)25-24(28)23-14-22(12-7-18(23)2)32(29,30)26-20-8-10-21(31-4)11-9-20/h7-12,14,17,19,26H,5-6,13,15-16H2,1-4H3,(H,25,28). The van der Waals surface area contributed by atoms with Crippen LogP contribution < -0.4 is 14.8 Å². The van der Waals surface area contributed by atoms with Gasteiger partial charge in [-0.3, -0.25) is 9.52 Å². The SMILES string of the molecule is COc1ccc(NS(=O)(=O)c2ccc(C)c(C(=O)NC(C)CN3CCCC(C)C3)c2)cc1. The molecule has 1 fully saturated rings. The minimum absolute atomic E-state index is 0.0371. The topological polar surface area (TPSA) is 87.7 Å². The number of nitrogens with zero attached hydrogens (tertiary/aromatic N) is 1. The van der Waals surface area contributed by atoms with Crippen molar-refractivity contribution in [1.29, 1.82) is 0 Å². The summed E-state index contributed by atoms with van der Waals surface area (Å²) in [4.78, 5) is 15.4. The lowest BCUT2D eigenvalue weighted by Crippen LogP contribution is -2.45. The van der Waals surface area contributed by atoms with E-state index >= 15 is 0 Å². The molecular formula is C24H33N3O4S. The number of rotatable bonds is 8. The molecule has 3 rings (SSSR count). The number of sulfonamides is 1.